The first-order valence-electron chi connectivity index (χ1n) is 10.1. The molecule has 0 spiro atoms. The Bertz CT molecular complexity index is 1180. The maximum absolute atomic E-state index is 13.1. The number of benzene rings is 1. The van der Waals surface area contributed by atoms with E-state index < -0.39 is 29.2 Å². The number of anilines is 2. The van der Waals surface area contributed by atoms with E-state index in [4.69, 9.17) is 0 Å². The van der Waals surface area contributed by atoms with Crippen molar-refractivity contribution in [2.75, 3.05) is 32.5 Å². The fraction of sp³-hybridized carbons (Fsp3) is 0.333. The highest BCUT2D eigenvalue weighted by atomic mass is 35.5. The lowest BCUT2D eigenvalue weighted by Crippen LogP contribution is -2.32. The molecule has 15 heteroatoms. The highest BCUT2D eigenvalue weighted by Gasteiger charge is 2.37. The van der Waals surface area contributed by atoms with E-state index in [-0.39, 0.29) is 47.4 Å². The van der Waals surface area contributed by atoms with Crippen LogP contribution in [0.5, 0.6) is 0 Å². The number of rotatable bonds is 7. The van der Waals surface area contributed by atoms with Gasteiger partial charge in [-0.1, -0.05) is 0 Å². The van der Waals surface area contributed by atoms with Gasteiger partial charge in [-0.05, 0) is 44.4 Å². The zero-order chi connectivity index (χ0) is 26.0. The van der Waals surface area contributed by atoms with Crippen LogP contribution in [0.15, 0.2) is 36.5 Å². The third kappa shape index (κ3) is 7.31. The number of hydrogen-bond donors (Lipinski definition) is 2. The average molecular weight is 538 g/mol. The predicted molar refractivity (Wildman–Crippen MR) is 122 cm³/mol. The molecule has 2 heterocycles. The molecule has 0 atom stereocenters. The molecule has 8 nitrogen and oxygen atoms in total. The third-order valence-corrected chi connectivity index (χ3v) is 4.72. The van der Waals surface area contributed by atoms with Crippen LogP contribution in [0.25, 0.3) is 11.4 Å². The topological polar surface area (TPSA) is 88.0 Å². The summed E-state index contributed by atoms with van der Waals surface area (Å²) in [5.74, 6) is -0.623. The molecule has 0 aliphatic rings. The molecule has 36 heavy (non-hydrogen) atoms. The minimum atomic E-state index is -4.99. The Morgan fingerprint density at radius 3 is 2.17 bits per heavy atom. The largest absolute Gasteiger partial charge is 0.416 e. The number of hydrogen-bond acceptors (Lipinski definition) is 6. The number of amides is 1. The Kier molecular flexibility index (Phi) is 8.91. The van der Waals surface area contributed by atoms with Gasteiger partial charge >= 0.3 is 12.4 Å². The van der Waals surface area contributed by atoms with Crippen molar-refractivity contribution >= 4 is 29.9 Å². The van der Waals surface area contributed by atoms with Gasteiger partial charge in [-0.2, -0.15) is 31.4 Å². The van der Waals surface area contributed by atoms with Gasteiger partial charge in [-0.3, -0.25) is 9.48 Å². The molecule has 0 unspecified atom stereocenters. The summed E-state index contributed by atoms with van der Waals surface area (Å²) in [7, 11) is 5.27. The maximum atomic E-state index is 13.1. The molecule has 1 aromatic carbocycles. The van der Waals surface area contributed by atoms with Crippen LogP contribution >= 0.6 is 12.4 Å². The lowest BCUT2D eigenvalue weighted by Gasteiger charge is -2.14. The normalized spacial score (nSPS) is 11.8. The first-order chi connectivity index (χ1) is 16.2. The van der Waals surface area contributed by atoms with Crippen LogP contribution in [-0.2, 0) is 19.4 Å². The molecule has 0 fully saturated rings. The standard InChI is InChI=1S/C21H21F6N7O.ClH/c1-33(2)7-6-28-18(35)17-11-16(32-34(17)3)15-4-5-29-19(31-15)30-14-9-12(20(22,23)24)8-13(10-14)21(25,26)27;/h4-5,8-11H,6-7H2,1-3H3,(H,28,35)(H,29,30,31);1H. The Morgan fingerprint density at radius 1 is 1.00 bits per heavy atom. The van der Waals surface area contributed by atoms with Crippen LogP contribution in [-0.4, -0.2) is 57.7 Å². The van der Waals surface area contributed by atoms with Gasteiger partial charge in [0.25, 0.3) is 5.91 Å². The Morgan fingerprint density at radius 2 is 1.61 bits per heavy atom. The van der Waals surface area contributed by atoms with Crippen molar-refractivity contribution < 1.29 is 31.1 Å². The van der Waals surface area contributed by atoms with Crippen LogP contribution in [0.4, 0.5) is 38.0 Å². The van der Waals surface area contributed by atoms with Gasteiger partial charge in [-0.15, -0.1) is 12.4 Å². The Hall–Kier alpha value is -3.39. The molecule has 0 aliphatic heterocycles. The molecule has 0 bridgehead atoms. The number of nitrogens with zero attached hydrogens (tertiary/aromatic N) is 5. The van der Waals surface area contributed by atoms with Crippen molar-refractivity contribution in [3.63, 3.8) is 0 Å². The van der Waals surface area contributed by atoms with E-state index in [1.807, 2.05) is 19.0 Å². The van der Waals surface area contributed by atoms with Crippen molar-refractivity contribution in [3.05, 3.63) is 53.3 Å². The second-order valence-electron chi connectivity index (χ2n) is 7.78. The number of aryl methyl sites for hydroxylation is 1. The molecule has 2 aromatic heterocycles. The molecule has 3 aromatic rings. The minimum absolute atomic E-state index is 0. The van der Waals surface area contributed by atoms with Crippen LogP contribution in [0, 0.1) is 0 Å². The van der Waals surface area contributed by atoms with E-state index in [0.29, 0.717) is 25.2 Å². The molecule has 0 radical (unpaired) electrons. The van der Waals surface area contributed by atoms with Crippen LogP contribution < -0.4 is 10.6 Å². The number of nitrogens with one attached hydrogen (secondary N) is 2. The van der Waals surface area contributed by atoms with E-state index in [0.717, 1.165) is 0 Å². The average Bonchev–Trinajstić information content (AvgIpc) is 3.14. The number of carbonyl (C=O) groups excluding carboxylic acids is 1. The quantitative estimate of drug-likeness (QED) is 0.435. The zero-order valence-corrected chi connectivity index (χ0v) is 20.0. The van der Waals surface area contributed by atoms with Gasteiger partial charge in [0, 0.05) is 32.0 Å². The number of carbonyl (C=O) groups is 1. The summed E-state index contributed by atoms with van der Waals surface area (Å²) < 4.78 is 80.0. The second kappa shape index (κ2) is 11.1. The lowest BCUT2D eigenvalue weighted by molar-refractivity contribution is -0.143. The first-order valence-corrected chi connectivity index (χ1v) is 10.1. The Balaban J connectivity index is 0.00000456. The number of likely N-dealkylation sites (N-methyl/N-ethyl adjacent to an activating group) is 1. The van der Waals surface area contributed by atoms with Crippen molar-refractivity contribution in [1.82, 2.24) is 30.0 Å². The molecule has 0 saturated heterocycles. The van der Waals surface area contributed by atoms with E-state index in [1.165, 1.54) is 23.0 Å². The SMILES string of the molecule is CN(C)CCNC(=O)c1cc(-c2ccnc(Nc3cc(C(F)(F)F)cc(C(F)(F)F)c3)n2)nn1C.Cl. The van der Waals surface area contributed by atoms with Gasteiger partial charge in [0.15, 0.2) is 0 Å². The monoisotopic (exact) mass is 537 g/mol. The summed E-state index contributed by atoms with van der Waals surface area (Å²) in [6, 6.07) is 3.99. The van der Waals surface area contributed by atoms with Gasteiger partial charge in [-0.25, -0.2) is 9.97 Å². The molecular formula is C21H22ClF6N7O. The molecule has 196 valence electrons. The summed E-state index contributed by atoms with van der Waals surface area (Å²) in [4.78, 5) is 22.3. The van der Waals surface area contributed by atoms with Gasteiger partial charge in [0.1, 0.15) is 11.4 Å². The summed E-state index contributed by atoms with van der Waals surface area (Å²) >= 11 is 0. The summed E-state index contributed by atoms with van der Waals surface area (Å²) in [5, 5.41) is 9.34. The lowest BCUT2D eigenvalue weighted by atomic mass is 10.1. The van der Waals surface area contributed by atoms with E-state index in [1.54, 1.807) is 7.05 Å². The van der Waals surface area contributed by atoms with Crippen LogP contribution in [0.3, 0.4) is 0 Å². The Labute approximate surface area is 208 Å². The zero-order valence-electron chi connectivity index (χ0n) is 19.2. The highest BCUT2D eigenvalue weighted by Crippen LogP contribution is 2.38. The molecule has 1 amide bonds. The van der Waals surface area contributed by atoms with Gasteiger partial charge < -0.3 is 15.5 Å². The molecule has 0 saturated carbocycles. The first kappa shape index (κ1) is 28.8. The predicted octanol–water partition coefficient (Wildman–Crippen LogP) is 4.37. The number of halogens is 7. The second-order valence-corrected chi connectivity index (χ2v) is 7.78. The number of aromatic nitrogens is 4. The smallest absolute Gasteiger partial charge is 0.349 e. The van der Waals surface area contributed by atoms with Crippen molar-refractivity contribution in [2.45, 2.75) is 12.4 Å². The van der Waals surface area contributed by atoms with Gasteiger partial charge in [0.2, 0.25) is 5.95 Å². The molecular weight excluding hydrogens is 516 g/mol. The fourth-order valence-electron chi connectivity index (χ4n) is 3.01. The molecule has 3 rings (SSSR count). The molecule has 2 N–H and O–H groups in total. The summed E-state index contributed by atoms with van der Waals surface area (Å²) in [6.07, 6.45) is -8.72. The number of alkyl halides is 6. The van der Waals surface area contributed by atoms with E-state index >= 15 is 0 Å². The van der Waals surface area contributed by atoms with Crippen molar-refractivity contribution in [3.8, 4) is 11.4 Å². The minimum Gasteiger partial charge on any atom is -0.349 e. The molecule has 0 aliphatic carbocycles. The third-order valence-electron chi connectivity index (χ3n) is 4.72. The highest BCUT2D eigenvalue weighted by molar-refractivity contribution is 5.93. The maximum Gasteiger partial charge on any atom is 0.416 e. The summed E-state index contributed by atoms with van der Waals surface area (Å²) in [5.41, 5.74) is -2.74. The van der Waals surface area contributed by atoms with Gasteiger partial charge in [0.05, 0.1) is 16.8 Å². The van der Waals surface area contributed by atoms with Crippen molar-refractivity contribution in [2.24, 2.45) is 7.05 Å². The van der Waals surface area contributed by atoms with E-state index in [9.17, 15) is 31.1 Å². The summed E-state index contributed by atoms with van der Waals surface area (Å²) in [6.45, 7) is 1.04. The van der Waals surface area contributed by atoms with Crippen LogP contribution in [0.1, 0.15) is 21.6 Å². The van der Waals surface area contributed by atoms with Crippen LogP contribution in [0.2, 0.25) is 0 Å². The van der Waals surface area contributed by atoms with Crippen molar-refractivity contribution in [1.29, 1.82) is 0 Å². The fourth-order valence-corrected chi connectivity index (χ4v) is 3.01. The van der Waals surface area contributed by atoms with E-state index in [2.05, 4.69) is 25.7 Å².